The Hall–Kier alpha value is -3.10. The molecule has 130 valence electrons. The van der Waals surface area contributed by atoms with E-state index in [2.05, 4.69) is 5.32 Å². The Morgan fingerprint density at radius 2 is 1.80 bits per heavy atom. The molecule has 1 aromatic rings. The number of carbonyl (C=O) groups is 4. The Labute approximate surface area is 142 Å². The maximum absolute atomic E-state index is 12.2. The van der Waals surface area contributed by atoms with Crippen molar-refractivity contribution in [3.8, 4) is 11.5 Å². The molecule has 0 bridgehead atoms. The molecule has 1 aliphatic carbocycles. The first kappa shape index (κ1) is 15.4. The van der Waals surface area contributed by atoms with Gasteiger partial charge in [0.05, 0.1) is 0 Å². The van der Waals surface area contributed by atoms with Crippen LogP contribution in [0.2, 0.25) is 0 Å². The predicted octanol–water partition coefficient (Wildman–Crippen LogP) is 0.349. The van der Waals surface area contributed by atoms with E-state index in [-0.39, 0.29) is 6.04 Å². The summed E-state index contributed by atoms with van der Waals surface area (Å²) in [5.41, 5.74) is 0.443. The van der Waals surface area contributed by atoms with Crippen LogP contribution < -0.4 is 14.8 Å². The zero-order valence-electron chi connectivity index (χ0n) is 13.2. The van der Waals surface area contributed by atoms with E-state index < -0.39 is 30.3 Å². The monoisotopic (exact) mass is 345 g/mol. The fourth-order valence-corrected chi connectivity index (χ4v) is 2.78. The van der Waals surface area contributed by atoms with Crippen molar-refractivity contribution in [2.45, 2.75) is 18.9 Å². The van der Waals surface area contributed by atoms with E-state index >= 15 is 0 Å². The Kier molecular flexibility index (Phi) is 3.56. The van der Waals surface area contributed by atoms with Crippen LogP contribution in [0.25, 0.3) is 0 Å². The zero-order valence-corrected chi connectivity index (χ0v) is 13.2. The number of ether oxygens (including phenoxy) is 2. The first-order valence-electron chi connectivity index (χ1n) is 7.93. The van der Waals surface area contributed by atoms with E-state index in [9.17, 15) is 19.2 Å². The third kappa shape index (κ3) is 2.77. The molecule has 9 nitrogen and oxygen atoms in total. The first-order valence-corrected chi connectivity index (χ1v) is 7.93. The zero-order chi connectivity index (χ0) is 17.6. The van der Waals surface area contributed by atoms with E-state index in [1.165, 1.54) is 0 Å². The fraction of sp³-hybridized carbons (Fsp3) is 0.375. The number of benzene rings is 1. The van der Waals surface area contributed by atoms with Crippen LogP contribution in [0.3, 0.4) is 0 Å². The second kappa shape index (κ2) is 5.76. The quantitative estimate of drug-likeness (QED) is 0.624. The van der Waals surface area contributed by atoms with E-state index in [1.807, 2.05) is 0 Å². The molecule has 5 amide bonds. The number of rotatable bonds is 4. The Morgan fingerprint density at radius 1 is 1.08 bits per heavy atom. The summed E-state index contributed by atoms with van der Waals surface area (Å²) in [4.78, 5) is 49.8. The van der Waals surface area contributed by atoms with Crippen LogP contribution in [-0.2, 0) is 14.4 Å². The largest absolute Gasteiger partial charge is 0.486 e. The molecule has 2 aliphatic heterocycles. The Bertz CT molecular complexity index is 788. The van der Waals surface area contributed by atoms with Gasteiger partial charge < -0.3 is 14.8 Å². The van der Waals surface area contributed by atoms with E-state index in [4.69, 9.17) is 9.47 Å². The van der Waals surface area contributed by atoms with Crippen LogP contribution in [0.4, 0.5) is 10.5 Å². The summed E-state index contributed by atoms with van der Waals surface area (Å²) in [6.45, 7) is 0.366. The van der Waals surface area contributed by atoms with Crippen molar-refractivity contribution in [2.75, 3.05) is 25.1 Å². The number of hydrogen-bond acceptors (Lipinski definition) is 6. The topological polar surface area (TPSA) is 105 Å². The lowest BCUT2D eigenvalue weighted by Crippen LogP contribution is -2.39. The van der Waals surface area contributed by atoms with Gasteiger partial charge in [-0.3, -0.25) is 19.3 Å². The smallest absolute Gasteiger partial charge is 0.334 e. The summed E-state index contributed by atoms with van der Waals surface area (Å²) in [5, 5.41) is 2.58. The standard InChI is InChI=1S/C16H15N3O6/c20-13(17-9-1-4-11-12(7-9)25-6-5-24-11)8-18-14(21)15(22)19(16(18)23)10-2-3-10/h1,4,7,10H,2-3,5-6,8H2,(H,17,20). The van der Waals surface area contributed by atoms with Crippen molar-refractivity contribution in [2.24, 2.45) is 0 Å². The highest BCUT2D eigenvalue weighted by molar-refractivity contribution is 6.45. The molecule has 0 atom stereocenters. The lowest BCUT2D eigenvalue weighted by molar-refractivity contribution is -0.143. The second-order valence-corrected chi connectivity index (χ2v) is 5.99. The van der Waals surface area contributed by atoms with Crippen molar-refractivity contribution >= 4 is 29.4 Å². The number of fused-ring (bicyclic) bond motifs is 1. The maximum atomic E-state index is 12.2. The highest BCUT2D eigenvalue weighted by Crippen LogP contribution is 2.33. The molecule has 4 rings (SSSR count). The molecule has 3 aliphatic rings. The van der Waals surface area contributed by atoms with E-state index in [1.54, 1.807) is 18.2 Å². The van der Waals surface area contributed by atoms with Gasteiger partial charge in [-0.15, -0.1) is 0 Å². The maximum Gasteiger partial charge on any atom is 0.334 e. The van der Waals surface area contributed by atoms with Crippen molar-refractivity contribution in [3.05, 3.63) is 18.2 Å². The minimum absolute atomic E-state index is 0.213. The normalized spacial score (nSPS) is 19.4. The number of amides is 5. The van der Waals surface area contributed by atoms with Crippen LogP contribution in [0, 0.1) is 0 Å². The molecule has 0 spiro atoms. The highest BCUT2D eigenvalue weighted by Gasteiger charge is 2.51. The number of carbonyl (C=O) groups excluding carboxylic acids is 4. The number of urea groups is 1. The average molecular weight is 345 g/mol. The molecule has 1 saturated carbocycles. The van der Waals surface area contributed by atoms with Crippen molar-refractivity contribution in [3.63, 3.8) is 0 Å². The van der Waals surface area contributed by atoms with Gasteiger partial charge in [-0.1, -0.05) is 0 Å². The Morgan fingerprint density at radius 3 is 2.52 bits per heavy atom. The molecule has 1 N–H and O–H groups in total. The molecule has 0 unspecified atom stereocenters. The van der Waals surface area contributed by atoms with Crippen LogP contribution >= 0.6 is 0 Å². The van der Waals surface area contributed by atoms with E-state index in [0.29, 0.717) is 48.1 Å². The summed E-state index contributed by atoms with van der Waals surface area (Å²) >= 11 is 0. The van der Waals surface area contributed by atoms with Crippen LogP contribution in [0.5, 0.6) is 11.5 Å². The summed E-state index contributed by atoms with van der Waals surface area (Å²) in [5.74, 6) is -1.31. The van der Waals surface area contributed by atoms with Crippen molar-refractivity contribution in [1.82, 2.24) is 9.80 Å². The van der Waals surface area contributed by atoms with Gasteiger partial charge in [0.1, 0.15) is 19.8 Å². The lowest BCUT2D eigenvalue weighted by Gasteiger charge is -2.19. The minimum atomic E-state index is -0.964. The second-order valence-electron chi connectivity index (χ2n) is 5.99. The lowest BCUT2D eigenvalue weighted by atomic mass is 10.2. The van der Waals surface area contributed by atoms with Gasteiger partial charge in [-0.05, 0) is 25.0 Å². The molecule has 0 aromatic heterocycles. The number of anilines is 1. The molecule has 25 heavy (non-hydrogen) atoms. The van der Waals surface area contributed by atoms with Gasteiger partial charge in [0, 0.05) is 17.8 Å². The van der Waals surface area contributed by atoms with Gasteiger partial charge in [0.25, 0.3) is 0 Å². The fourth-order valence-electron chi connectivity index (χ4n) is 2.78. The molecular weight excluding hydrogens is 330 g/mol. The Balaban J connectivity index is 1.43. The molecule has 1 saturated heterocycles. The summed E-state index contributed by atoms with van der Waals surface area (Å²) in [6.07, 6.45) is 1.39. The molecule has 9 heteroatoms. The first-order chi connectivity index (χ1) is 12.0. The van der Waals surface area contributed by atoms with Gasteiger partial charge in [-0.25, -0.2) is 9.69 Å². The minimum Gasteiger partial charge on any atom is -0.486 e. The third-order valence-electron chi connectivity index (χ3n) is 4.12. The number of imide groups is 2. The molecule has 1 aromatic carbocycles. The molecule has 2 fully saturated rings. The molecular formula is C16H15N3O6. The van der Waals surface area contributed by atoms with Crippen molar-refractivity contribution < 1.29 is 28.7 Å². The van der Waals surface area contributed by atoms with Gasteiger partial charge >= 0.3 is 17.8 Å². The third-order valence-corrected chi connectivity index (χ3v) is 4.12. The number of nitrogens with one attached hydrogen (secondary N) is 1. The van der Waals surface area contributed by atoms with Crippen LogP contribution in [-0.4, -0.2) is 59.4 Å². The van der Waals surface area contributed by atoms with Crippen LogP contribution in [0.1, 0.15) is 12.8 Å². The molecule has 0 radical (unpaired) electrons. The van der Waals surface area contributed by atoms with Crippen molar-refractivity contribution in [1.29, 1.82) is 0 Å². The highest BCUT2D eigenvalue weighted by atomic mass is 16.6. The predicted molar refractivity (Wildman–Crippen MR) is 83.0 cm³/mol. The number of hydrogen-bond donors (Lipinski definition) is 1. The van der Waals surface area contributed by atoms with E-state index in [0.717, 1.165) is 4.90 Å². The summed E-state index contributed by atoms with van der Waals surface area (Å²) < 4.78 is 10.8. The molecule has 2 heterocycles. The van der Waals surface area contributed by atoms with Gasteiger partial charge in [0.2, 0.25) is 5.91 Å². The van der Waals surface area contributed by atoms with Gasteiger partial charge in [-0.2, -0.15) is 0 Å². The number of nitrogens with zero attached hydrogens (tertiary/aromatic N) is 2. The summed E-state index contributed by atoms with van der Waals surface area (Å²) in [7, 11) is 0. The van der Waals surface area contributed by atoms with Crippen LogP contribution in [0.15, 0.2) is 18.2 Å². The SMILES string of the molecule is O=C(CN1C(=O)C(=O)N(C2CC2)C1=O)Nc1ccc2c(c1)OCCO2. The van der Waals surface area contributed by atoms with Gasteiger partial charge in [0.15, 0.2) is 11.5 Å². The summed E-state index contributed by atoms with van der Waals surface area (Å²) in [6, 6.07) is 3.95. The average Bonchev–Trinajstić information content (AvgIpc) is 3.40.